The van der Waals surface area contributed by atoms with Gasteiger partial charge in [0, 0.05) is 32.3 Å². The number of nitrogens with zero attached hydrogens (tertiary/aromatic N) is 2. The Kier molecular flexibility index (Phi) is 6.46. The van der Waals surface area contributed by atoms with Crippen molar-refractivity contribution in [3.63, 3.8) is 0 Å². The number of aromatic nitrogens is 1. The number of pyridine rings is 1. The highest BCUT2D eigenvalue weighted by Gasteiger charge is 2.19. The van der Waals surface area contributed by atoms with E-state index in [1.54, 1.807) is 30.3 Å². The number of carbonyl (C=O) groups excluding carboxylic acids is 1. The maximum Gasteiger partial charge on any atom is 0.259 e. The normalized spacial score (nSPS) is 10.2. The van der Waals surface area contributed by atoms with Crippen molar-refractivity contribution in [1.29, 1.82) is 0 Å². The minimum Gasteiger partial charge on any atom is -0.480 e. The Bertz CT molecular complexity index is 387. The lowest BCUT2D eigenvalue weighted by atomic mass is 10.2. The van der Waals surface area contributed by atoms with Crippen LogP contribution in [0.15, 0.2) is 18.3 Å². The molecule has 0 aliphatic carbocycles. The molecule has 0 aliphatic rings. The van der Waals surface area contributed by atoms with Crippen LogP contribution in [0.25, 0.3) is 0 Å². The van der Waals surface area contributed by atoms with Gasteiger partial charge in [-0.3, -0.25) is 4.79 Å². The molecule has 1 heterocycles. The molecule has 0 N–H and O–H groups in total. The van der Waals surface area contributed by atoms with Gasteiger partial charge in [-0.25, -0.2) is 4.98 Å². The summed E-state index contributed by atoms with van der Waals surface area (Å²) in [5.74, 6) is 0.537. The fraction of sp³-hybridized carbons (Fsp3) is 0.500. The van der Waals surface area contributed by atoms with Gasteiger partial charge in [0.1, 0.15) is 5.56 Å². The molecule has 18 heavy (non-hydrogen) atoms. The van der Waals surface area contributed by atoms with Crippen molar-refractivity contribution < 1.29 is 14.3 Å². The number of methoxy groups -OCH3 is 2. The molecule has 0 atom stereocenters. The second kappa shape index (κ2) is 7.89. The number of halogens is 1. The second-order valence-electron chi connectivity index (χ2n) is 3.53. The van der Waals surface area contributed by atoms with Gasteiger partial charge in [-0.05, 0) is 12.1 Å². The van der Waals surface area contributed by atoms with Crippen LogP contribution in [0.4, 0.5) is 0 Å². The summed E-state index contributed by atoms with van der Waals surface area (Å²) < 4.78 is 10.1. The van der Waals surface area contributed by atoms with Gasteiger partial charge in [-0.2, -0.15) is 0 Å². The van der Waals surface area contributed by atoms with Gasteiger partial charge in [-0.1, -0.05) is 0 Å². The van der Waals surface area contributed by atoms with Crippen LogP contribution in [-0.4, -0.2) is 55.6 Å². The van der Waals surface area contributed by atoms with E-state index >= 15 is 0 Å². The van der Waals surface area contributed by atoms with Crippen LogP contribution in [-0.2, 0) is 4.74 Å². The van der Waals surface area contributed by atoms with Crippen LogP contribution < -0.4 is 4.74 Å². The van der Waals surface area contributed by atoms with Gasteiger partial charge in [0.25, 0.3) is 5.91 Å². The lowest BCUT2D eigenvalue weighted by molar-refractivity contribution is 0.0703. The molecule has 1 amide bonds. The van der Waals surface area contributed by atoms with Crippen LogP contribution in [0.5, 0.6) is 5.88 Å². The monoisotopic (exact) mass is 272 g/mol. The SMILES string of the molecule is COCCN(CCCl)C(=O)c1cccnc1OC. The summed E-state index contributed by atoms with van der Waals surface area (Å²) in [7, 11) is 3.08. The number of alkyl halides is 1. The van der Waals surface area contributed by atoms with Crippen molar-refractivity contribution >= 4 is 17.5 Å². The fourth-order valence-electron chi connectivity index (χ4n) is 1.50. The van der Waals surface area contributed by atoms with Crippen LogP contribution in [0, 0.1) is 0 Å². The fourth-order valence-corrected chi connectivity index (χ4v) is 1.71. The van der Waals surface area contributed by atoms with Gasteiger partial charge in [0.2, 0.25) is 5.88 Å². The standard InChI is InChI=1S/C12H17ClN2O3/c1-17-9-8-15(7-5-13)12(16)10-4-3-6-14-11(10)18-2/h3-4,6H,5,7-9H2,1-2H3. The quantitative estimate of drug-likeness (QED) is 0.705. The molecule has 0 spiro atoms. The molecule has 0 aliphatic heterocycles. The van der Waals surface area contributed by atoms with Crippen molar-refractivity contribution in [2.45, 2.75) is 0 Å². The van der Waals surface area contributed by atoms with Crippen LogP contribution in [0.3, 0.4) is 0 Å². The third-order valence-electron chi connectivity index (χ3n) is 2.40. The first-order valence-corrected chi connectivity index (χ1v) is 6.11. The van der Waals surface area contributed by atoms with Gasteiger partial charge in [0.05, 0.1) is 13.7 Å². The Morgan fingerprint density at radius 1 is 1.44 bits per heavy atom. The van der Waals surface area contributed by atoms with Crippen molar-refractivity contribution in [1.82, 2.24) is 9.88 Å². The number of ether oxygens (including phenoxy) is 2. The number of amides is 1. The predicted molar refractivity (Wildman–Crippen MR) is 69.3 cm³/mol. The van der Waals surface area contributed by atoms with Crippen molar-refractivity contribution in [3.8, 4) is 5.88 Å². The maximum absolute atomic E-state index is 12.3. The zero-order chi connectivity index (χ0) is 13.4. The number of hydrogen-bond acceptors (Lipinski definition) is 4. The minimum atomic E-state index is -0.155. The summed E-state index contributed by atoms with van der Waals surface area (Å²) >= 11 is 5.70. The van der Waals surface area contributed by atoms with Gasteiger partial charge < -0.3 is 14.4 Å². The van der Waals surface area contributed by atoms with Crippen LogP contribution >= 0.6 is 11.6 Å². The zero-order valence-corrected chi connectivity index (χ0v) is 11.3. The molecule has 0 fully saturated rings. The highest BCUT2D eigenvalue weighted by atomic mass is 35.5. The van der Waals surface area contributed by atoms with E-state index in [0.717, 1.165) is 0 Å². The average molecular weight is 273 g/mol. The Balaban J connectivity index is 2.86. The Labute approximate surface area is 112 Å². The maximum atomic E-state index is 12.3. The summed E-state index contributed by atoms with van der Waals surface area (Å²) in [4.78, 5) is 17.9. The van der Waals surface area contributed by atoms with E-state index in [1.807, 2.05) is 0 Å². The summed E-state index contributed by atoms with van der Waals surface area (Å²) in [6, 6.07) is 3.38. The Morgan fingerprint density at radius 2 is 2.22 bits per heavy atom. The summed E-state index contributed by atoms with van der Waals surface area (Å²) in [5.41, 5.74) is 0.432. The topological polar surface area (TPSA) is 51.7 Å². The van der Waals surface area contributed by atoms with Gasteiger partial charge in [0.15, 0.2) is 0 Å². The number of hydrogen-bond donors (Lipinski definition) is 0. The average Bonchev–Trinajstić information content (AvgIpc) is 2.42. The third-order valence-corrected chi connectivity index (χ3v) is 2.57. The molecular formula is C12H17ClN2O3. The first-order valence-electron chi connectivity index (χ1n) is 5.57. The highest BCUT2D eigenvalue weighted by molar-refractivity contribution is 6.18. The Hall–Kier alpha value is -1.33. The summed E-state index contributed by atoms with van der Waals surface area (Å²) in [5, 5.41) is 0. The molecule has 0 aromatic carbocycles. The largest absolute Gasteiger partial charge is 0.480 e. The van der Waals surface area contributed by atoms with E-state index in [2.05, 4.69) is 4.98 Å². The molecule has 0 radical (unpaired) electrons. The van der Waals surface area contributed by atoms with Gasteiger partial charge in [-0.15, -0.1) is 11.6 Å². The highest BCUT2D eigenvalue weighted by Crippen LogP contribution is 2.16. The second-order valence-corrected chi connectivity index (χ2v) is 3.91. The van der Waals surface area contributed by atoms with Gasteiger partial charge >= 0.3 is 0 Å². The lowest BCUT2D eigenvalue weighted by Gasteiger charge is -2.21. The van der Waals surface area contributed by atoms with E-state index in [-0.39, 0.29) is 5.91 Å². The van der Waals surface area contributed by atoms with Crippen LogP contribution in [0.2, 0.25) is 0 Å². The molecule has 5 nitrogen and oxygen atoms in total. The van der Waals surface area contributed by atoms with E-state index in [1.165, 1.54) is 7.11 Å². The lowest BCUT2D eigenvalue weighted by Crippen LogP contribution is -2.35. The molecule has 0 unspecified atom stereocenters. The number of carbonyl (C=O) groups is 1. The van der Waals surface area contributed by atoms with E-state index < -0.39 is 0 Å². The minimum absolute atomic E-state index is 0.155. The van der Waals surface area contributed by atoms with Crippen molar-refractivity contribution in [2.75, 3.05) is 39.8 Å². The molecule has 1 aromatic heterocycles. The van der Waals surface area contributed by atoms with E-state index in [4.69, 9.17) is 21.1 Å². The molecule has 1 aromatic rings. The molecule has 6 heteroatoms. The van der Waals surface area contributed by atoms with Crippen molar-refractivity contribution in [3.05, 3.63) is 23.9 Å². The first-order chi connectivity index (χ1) is 8.74. The van der Waals surface area contributed by atoms with E-state index in [0.29, 0.717) is 37.0 Å². The predicted octanol–water partition coefficient (Wildman–Crippen LogP) is 1.42. The molecule has 0 saturated carbocycles. The summed E-state index contributed by atoms with van der Waals surface area (Å²) in [6.07, 6.45) is 1.58. The zero-order valence-electron chi connectivity index (χ0n) is 10.6. The smallest absolute Gasteiger partial charge is 0.259 e. The number of rotatable bonds is 7. The molecule has 0 bridgehead atoms. The van der Waals surface area contributed by atoms with Crippen LogP contribution in [0.1, 0.15) is 10.4 Å². The Morgan fingerprint density at radius 3 is 2.83 bits per heavy atom. The molecule has 100 valence electrons. The first kappa shape index (κ1) is 14.7. The summed E-state index contributed by atoms with van der Waals surface area (Å²) in [6.45, 7) is 1.41. The van der Waals surface area contributed by atoms with E-state index in [9.17, 15) is 4.79 Å². The molecular weight excluding hydrogens is 256 g/mol. The molecule has 1 rings (SSSR count). The molecule has 0 saturated heterocycles. The third kappa shape index (κ3) is 3.85. The van der Waals surface area contributed by atoms with Crippen molar-refractivity contribution in [2.24, 2.45) is 0 Å².